The number of methoxy groups -OCH3 is 1. The molecule has 0 radical (unpaired) electrons. The van der Waals surface area contributed by atoms with E-state index >= 15 is 0 Å². The summed E-state index contributed by atoms with van der Waals surface area (Å²) in [5, 5.41) is 0. The Kier molecular flexibility index (Phi) is 3.66. The van der Waals surface area contributed by atoms with Crippen LogP contribution in [0.2, 0.25) is 0 Å². The fourth-order valence-electron chi connectivity index (χ4n) is 2.77. The number of nitrogens with two attached hydrogens (primary N) is 1. The smallest absolute Gasteiger partial charge is 0.374 e. The van der Waals surface area contributed by atoms with Crippen LogP contribution in [0.25, 0.3) is 0 Å². The first kappa shape index (κ1) is 13.7. The SMILES string of the molecule is COC(=O)c1occc1CN1CCc2cccc(N)c2C1. The Hall–Kier alpha value is -2.27. The molecule has 2 N–H and O–H groups in total. The van der Waals surface area contributed by atoms with E-state index in [1.165, 1.54) is 24.5 Å². The number of furan rings is 1. The molecule has 0 saturated carbocycles. The molecule has 0 fully saturated rings. The summed E-state index contributed by atoms with van der Waals surface area (Å²) in [7, 11) is 1.35. The third-order valence-corrected chi connectivity index (χ3v) is 3.90. The highest BCUT2D eigenvalue weighted by molar-refractivity contribution is 5.87. The monoisotopic (exact) mass is 286 g/mol. The van der Waals surface area contributed by atoms with Gasteiger partial charge in [-0.25, -0.2) is 4.79 Å². The molecule has 5 nitrogen and oxygen atoms in total. The van der Waals surface area contributed by atoms with Crippen LogP contribution in [0, 0.1) is 0 Å². The maximum absolute atomic E-state index is 11.6. The molecule has 3 rings (SSSR count). The van der Waals surface area contributed by atoms with Crippen molar-refractivity contribution in [2.75, 3.05) is 19.4 Å². The summed E-state index contributed by atoms with van der Waals surface area (Å²) in [6, 6.07) is 7.87. The number of hydrogen-bond acceptors (Lipinski definition) is 5. The molecular weight excluding hydrogens is 268 g/mol. The summed E-state index contributed by atoms with van der Waals surface area (Å²) < 4.78 is 9.95. The highest BCUT2D eigenvalue weighted by Gasteiger charge is 2.22. The molecule has 0 unspecified atom stereocenters. The third-order valence-electron chi connectivity index (χ3n) is 3.90. The second-order valence-corrected chi connectivity index (χ2v) is 5.21. The predicted octanol–water partition coefficient (Wildman–Crippen LogP) is 2.21. The molecule has 0 aliphatic carbocycles. The third kappa shape index (κ3) is 2.64. The first-order valence-electron chi connectivity index (χ1n) is 6.92. The quantitative estimate of drug-likeness (QED) is 0.692. The molecule has 2 aromatic rings. The van der Waals surface area contributed by atoms with E-state index in [1.807, 2.05) is 18.2 Å². The van der Waals surface area contributed by atoms with Crippen molar-refractivity contribution >= 4 is 11.7 Å². The van der Waals surface area contributed by atoms with Gasteiger partial charge in [0.25, 0.3) is 0 Å². The summed E-state index contributed by atoms with van der Waals surface area (Å²) in [5.41, 5.74) is 10.2. The Morgan fingerprint density at radius 1 is 1.43 bits per heavy atom. The van der Waals surface area contributed by atoms with Gasteiger partial charge in [-0.1, -0.05) is 12.1 Å². The van der Waals surface area contributed by atoms with Crippen molar-refractivity contribution in [1.82, 2.24) is 4.90 Å². The van der Waals surface area contributed by atoms with Gasteiger partial charge >= 0.3 is 5.97 Å². The maximum atomic E-state index is 11.6. The number of rotatable bonds is 3. The van der Waals surface area contributed by atoms with E-state index in [9.17, 15) is 4.79 Å². The number of benzene rings is 1. The number of nitrogens with zero attached hydrogens (tertiary/aromatic N) is 1. The van der Waals surface area contributed by atoms with Crippen LogP contribution in [-0.2, 0) is 24.2 Å². The minimum Gasteiger partial charge on any atom is -0.463 e. The Bertz CT molecular complexity index is 663. The van der Waals surface area contributed by atoms with E-state index in [4.69, 9.17) is 14.9 Å². The molecule has 0 spiro atoms. The molecule has 21 heavy (non-hydrogen) atoms. The van der Waals surface area contributed by atoms with Crippen LogP contribution < -0.4 is 5.73 Å². The van der Waals surface area contributed by atoms with Crippen molar-refractivity contribution in [3.8, 4) is 0 Å². The highest BCUT2D eigenvalue weighted by atomic mass is 16.5. The van der Waals surface area contributed by atoms with Gasteiger partial charge in [-0.2, -0.15) is 0 Å². The fourth-order valence-corrected chi connectivity index (χ4v) is 2.77. The molecule has 0 bridgehead atoms. The average molecular weight is 286 g/mol. The van der Waals surface area contributed by atoms with Crippen LogP contribution in [-0.4, -0.2) is 24.5 Å². The van der Waals surface area contributed by atoms with Crippen LogP contribution >= 0.6 is 0 Å². The Labute approximate surface area is 123 Å². The van der Waals surface area contributed by atoms with Crippen LogP contribution in [0.4, 0.5) is 5.69 Å². The normalized spacial score (nSPS) is 14.7. The summed E-state index contributed by atoms with van der Waals surface area (Å²) in [5.74, 6) is -0.156. The van der Waals surface area contributed by atoms with Gasteiger partial charge in [-0.3, -0.25) is 4.90 Å². The van der Waals surface area contributed by atoms with Crippen LogP contribution in [0.3, 0.4) is 0 Å². The second kappa shape index (κ2) is 5.61. The van der Waals surface area contributed by atoms with Crippen molar-refractivity contribution in [3.05, 3.63) is 53.0 Å². The van der Waals surface area contributed by atoms with Gasteiger partial charge in [0.2, 0.25) is 5.76 Å². The molecule has 5 heteroatoms. The van der Waals surface area contributed by atoms with E-state index < -0.39 is 5.97 Å². The van der Waals surface area contributed by atoms with E-state index in [-0.39, 0.29) is 5.76 Å². The number of carbonyl (C=O) groups excluding carboxylic acids is 1. The fraction of sp³-hybridized carbons (Fsp3) is 0.312. The zero-order chi connectivity index (χ0) is 14.8. The summed E-state index contributed by atoms with van der Waals surface area (Å²) in [6.45, 7) is 2.37. The molecule has 0 saturated heterocycles. The largest absolute Gasteiger partial charge is 0.463 e. The molecule has 1 aliphatic heterocycles. The summed E-state index contributed by atoms with van der Waals surface area (Å²) in [6.07, 6.45) is 2.49. The van der Waals surface area contributed by atoms with Crippen LogP contribution in [0.15, 0.2) is 34.9 Å². The van der Waals surface area contributed by atoms with Gasteiger partial charge in [-0.15, -0.1) is 0 Å². The summed E-state index contributed by atoms with van der Waals surface area (Å²) >= 11 is 0. The van der Waals surface area contributed by atoms with Crippen molar-refractivity contribution < 1.29 is 13.9 Å². The topological polar surface area (TPSA) is 68.7 Å². The minimum atomic E-state index is -0.438. The molecule has 0 amide bonds. The van der Waals surface area contributed by atoms with Gasteiger partial charge in [0.1, 0.15) is 0 Å². The van der Waals surface area contributed by atoms with E-state index in [0.29, 0.717) is 6.54 Å². The number of hydrogen-bond donors (Lipinski definition) is 1. The van der Waals surface area contributed by atoms with E-state index in [2.05, 4.69) is 11.0 Å². The lowest BCUT2D eigenvalue weighted by Crippen LogP contribution is -2.31. The predicted molar refractivity (Wildman–Crippen MR) is 78.7 cm³/mol. The number of esters is 1. The molecule has 2 heterocycles. The molecule has 110 valence electrons. The Morgan fingerprint density at radius 3 is 3.10 bits per heavy atom. The van der Waals surface area contributed by atoms with Gasteiger partial charge in [0.05, 0.1) is 13.4 Å². The number of ether oxygens (including phenoxy) is 1. The first-order valence-corrected chi connectivity index (χ1v) is 6.92. The lowest BCUT2D eigenvalue weighted by molar-refractivity contribution is 0.0561. The van der Waals surface area contributed by atoms with Crippen molar-refractivity contribution in [2.45, 2.75) is 19.5 Å². The zero-order valence-electron chi connectivity index (χ0n) is 12.0. The van der Waals surface area contributed by atoms with Crippen LogP contribution in [0.5, 0.6) is 0 Å². The molecule has 1 aromatic carbocycles. The standard InChI is InChI=1S/C16H18N2O3/c1-20-16(19)15-12(6-8-21-15)9-18-7-5-11-3-2-4-14(17)13(11)10-18/h2-4,6,8H,5,7,9-10,17H2,1H3. The number of carbonyl (C=O) groups is 1. The average Bonchev–Trinajstić information content (AvgIpc) is 2.95. The van der Waals surface area contributed by atoms with Gasteiger partial charge < -0.3 is 14.9 Å². The Morgan fingerprint density at radius 2 is 2.29 bits per heavy atom. The Balaban J connectivity index is 1.77. The van der Waals surface area contributed by atoms with Crippen molar-refractivity contribution in [3.63, 3.8) is 0 Å². The lowest BCUT2D eigenvalue weighted by Gasteiger charge is -2.29. The number of nitrogen functional groups attached to an aromatic ring is 1. The van der Waals surface area contributed by atoms with Gasteiger partial charge in [0.15, 0.2) is 0 Å². The number of fused-ring (bicyclic) bond motifs is 1. The molecule has 1 aliphatic rings. The molecule has 1 aromatic heterocycles. The first-order chi connectivity index (χ1) is 10.2. The van der Waals surface area contributed by atoms with Gasteiger partial charge in [0, 0.05) is 30.9 Å². The van der Waals surface area contributed by atoms with Gasteiger partial charge in [-0.05, 0) is 29.7 Å². The number of anilines is 1. The highest BCUT2D eigenvalue weighted by Crippen LogP contribution is 2.26. The van der Waals surface area contributed by atoms with Crippen molar-refractivity contribution in [1.29, 1.82) is 0 Å². The lowest BCUT2D eigenvalue weighted by atomic mass is 9.98. The molecule has 0 atom stereocenters. The zero-order valence-corrected chi connectivity index (χ0v) is 12.0. The maximum Gasteiger partial charge on any atom is 0.374 e. The van der Waals surface area contributed by atoms with Crippen molar-refractivity contribution in [2.24, 2.45) is 0 Å². The van der Waals surface area contributed by atoms with E-state index in [0.717, 1.165) is 30.8 Å². The summed E-state index contributed by atoms with van der Waals surface area (Å²) in [4.78, 5) is 13.9. The minimum absolute atomic E-state index is 0.282. The van der Waals surface area contributed by atoms with Crippen LogP contribution in [0.1, 0.15) is 27.2 Å². The molecular formula is C16H18N2O3. The van der Waals surface area contributed by atoms with E-state index in [1.54, 1.807) is 0 Å². The second-order valence-electron chi connectivity index (χ2n) is 5.21.